The highest BCUT2D eigenvalue weighted by atomic mass is 19.1. The summed E-state index contributed by atoms with van der Waals surface area (Å²) < 4.78 is 18.0. The molecule has 6 nitrogen and oxygen atoms in total. The Morgan fingerprint density at radius 2 is 2.11 bits per heavy atom. The van der Waals surface area contributed by atoms with E-state index in [1.807, 2.05) is 0 Å². The van der Waals surface area contributed by atoms with Crippen molar-refractivity contribution in [3.05, 3.63) is 41.8 Å². The number of rotatable bonds is 4. The van der Waals surface area contributed by atoms with E-state index in [2.05, 4.69) is 15.5 Å². The third-order valence-corrected chi connectivity index (χ3v) is 2.31. The number of benzene rings is 1. The molecule has 0 spiro atoms. The fourth-order valence-electron chi connectivity index (χ4n) is 1.42. The molecule has 0 aliphatic carbocycles. The van der Waals surface area contributed by atoms with Crippen molar-refractivity contribution in [2.24, 2.45) is 0 Å². The number of carboxylic acids is 1. The second-order valence-electron chi connectivity index (χ2n) is 3.58. The number of anilines is 2. The van der Waals surface area contributed by atoms with E-state index in [-0.39, 0.29) is 5.69 Å². The molecule has 0 radical (unpaired) electrons. The quantitative estimate of drug-likeness (QED) is 0.878. The zero-order valence-electron chi connectivity index (χ0n) is 9.92. The molecule has 0 amide bonds. The largest absolute Gasteiger partial charge is 0.494 e. The zero-order valence-corrected chi connectivity index (χ0v) is 9.92. The molecule has 2 N–H and O–H groups in total. The Labute approximate surface area is 107 Å². The van der Waals surface area contributed by atoms with Gasteiger partial charge in [0, 0.05) is 6.07 Å². The number of aromatic nitrogens is 2. The number of hydrogen-bond donors (Lipinski definition) is 2. The van der Waals surface area contributed by atoms with Gasteiger partial charge in [-0.05, 0) is 24.3 Å². The van der Waals surface area contributed by atoms with Gasteiger partial charge in [-0.1, -0.05) is 0 Å². The van der Waals surface area contributed by atoms with Gasteiger partial charge in [-0.3, -0.25) is 0 Å². The van der Waals surface area contributed by atoms with Gasteiger partial charge in [-0.2, -0.15) is 0 Å². The van der Waals surface area contributed by atoms with Gasteiger partial charge in [0.05, 0.1) is 12.8 Å². The normalized spacial score (nSPS) is 10.0. The predicted octanol–water partition coefficient (Wildman–Crippen LogP) is 2.07. The Bertz CT molecular complexity index is 602. The van der Waals surface area contributed by atoms with Crippen LogP contribution in [0.2, 0.25) is 0 Å². The third-order valence-electron chi connectivity index (χ3n) is 2.31. The van der Waals surface area contributed by atoms with Crippen LogP contribution in [0, 0.1) is 5.82 Å². The van der Waals surface area contributed by atoms with E-state index in [1.165, 1.54) is 37.4 Å². The van der Waals surface area contributed by atoms with Gasteiger partial charge < -0.3 is 15.2 Å². The fraction of sp³-hybridized carbons (Fsp3) is 0.0833. The minimum atomic E-state index is -1.15. The number of halogens is 1. The van der Waals surface area contributed by atoms with Gasteiger partial charge in [0.15, 0.2) is 11.5 Å². The molecule has 1 heterocycles. The van der Waals surface area contributed by atoms with E-state index in [0.717, 1.165) is 0 Å². The minimum absolute atomic E-state index is 0.156. The minimum Gasteiger partial charge on any atom is -0.494 e. The highest BCUT2D eigenvalue weighted by molar-refractivity contribution is 5.85. The molecule has 2 rings (SSSR count). The summed E-state index contributed by atoms with van der Waals surface area (Å²) in [7, 11) is 1.42. The monoisotopic (exact) mass is 263 g/mol. The lowest BCUT2D eigenvalue weighted by Gasteiger charge is -2.10. The highest BCUT2D eigenvalue weighted by Gasteiger charge is 2.08. The van der Waals surface area contributed by atoms with Crippen LogP contribution in [0.4, 0.5) is 15.9 Å². The lowest BCUT2D eigenvalue weighted by Crippen LogP contribution is -2.04. The van der Waals surface area contributed by atoms with Crippen molar-refractivity contribution in [2.75, 3.05) is 12.4 Å². The second kappa shape index (κ2) is 5.30. The summed E-state index contributed by atoms with van der Waals surface area (Å²) in [5, 5.41) is 18.8. The van der Waals surface area contributed by atoms with Gasteiger partial charge in [-0.25, -0.2) is 9.18 Å². The van der Waals surface area contributed by atoms with Gasteiger partial charge in [0.2, 0.25) is 0 Å². The summed E-state index contributed by atoms with van der Waals surface area (Å²) in [6.45, 7) is 0. The first kappa shape index (κ1) is 12.7. The van der Waals surface area contributed by atoms with Gasteiger partial charge in [-0.15, -0.1) is 10.2 Å². The number of carbonyl (C=O) groups is 1. The summed E-state index contributed by atoms with van der Waals surface area (Å²) >= 11 is 0. The number of nitrogens with zero attached hydrogens (tertiary/aromatic N) is 2. The molecule has 0 unspecified atom stereocenters. The van der Waals surface area contributed by atoms with Crippen molar-refractivity contribution in [1.29, 1.82) is 0 Å². The Balaban J connectivity index is 2.23. The summed E-state index contributed by atoms with van der Waals surface area (Å²) in [6, 6.07) is 6.75. The molecule has 0 saturated heterocycles. The van der Waals surface area contributed by atoms with Gasteiger partial charge in [0.1, 0.15) is 11.6 Å². The van der Waals surface area contributed by atoms with Crippen molar-refractivity contribution < 1.29 is 19.0 Å². The van der Waals surface area contributed by atoms with Gasteiger partial charge in [0.25, 0.3) is 0 Å². The Morgan fingerprint density at radius 1 is 1.32 bits per heavy atom. The van der Waals surface area contributed by atoms with Crippen molar-refractivity contribution >= 4 is 17.5 Å². The van der Waals surface area contributed by atoms with E-state index in [1.54, 1.807) is 0 Å². The standard InChI is InChI=1S/C12H10FN3O3/c1-19-10-6-7(13)2-3-8(10)14-11-5-4-9(12(17)18)15-16-11/h2-6H,1H3,(H,14,16)(H,17,18). The zero-order chi connectivity index (χ0) is 13.8. The lowest BCUT2D eigenvalue weighted by molar-refractivity contribution is 0.0689. The molecule has 19 heavy (non-hydrogen) atoms. The Kier molecular flexibility index (Phi) is 3.56. The summed E-state index contributed by atoms with van der Waals surface area (Å²) in [5.74, 6) is -0.938. The van der Waals surface area contributed by atoms with Crippen LogP contribution in [0.5, 0.6) is 5.75 Å². The number of nitrogens with one attached hydrogen (secondary N) is 1. The van der Waals surface area contributed by atoms with Crippen molar-refractivity contribution in [2.45, 2.75) is 0 Å². The Morgan fingerprint density at radius 3 is 2.68 bits per heavy atom. The number of ether oxygens (including phenoxy) is 1. The van der Waals surface area contributed by atoms with Crippen LogP contribution in [-0.4, -0.2) is 28.4 Å². The number of aromatic carboxylic acids is 1. The Hall–Kier alpha value is -2.70. The molecule has 7 heteroatoms. The lowest BCUT2D eigenvalue weighted by atomic mass is 10.2. The SMILES string of the molecule is COc1cc(F)ccc1Nc1ccc(C(=O)O)nn1. The molecule has 0 saturated carbocycles. The van der Waals surface area contributed by atoms with E-state index >= 15 is 0 Å². The average Bonchev–Trinajstić information content (AvgIpc) is 2.41. The molecule has 0 fully saturated rings. The van der Waals surface area contributed by atoms with Crippen LogP contribution in [0.15, 0.2) is 30.3 Å². The van der Waals surface area contributed by atoms with Crippen LogP contribution in [0.1, 0.15) is 10.5 Å². The molecular formula is C12H10FN3O3. The number of hydrogen-bond acceptors (Lipinski definition) is 5. The maximum atomic E-state index is 13.0. The summed E-state index contributed by atoms with van der Waals surface area (Å²) in [6.07, 6.45) is 0. The molecule has 98 valence electrons. The van der Waals surface area contributed by atoms with E-state index < -0.39 is 11.8 Å². The van der Waals surface area contributed by atoms with Crippen LogP contribution in [-0.2, 0) is 0 Å². The summed E-state index contributed by atoms with van der Waals surface area (Å²) in [4.78, 5) is 10.6. The van der Waals surface area contributed by atoms with Crippen molar-refractivity contribution in [1.82, 2.24) is 10.2 Å². The maximum absolute atomic E-state index is 13.0. The van der Waals surface area contributed by atoms with Crippen molar-refractivity contribution in [3.8, 4) is 5.75 Å². The first-order valence-electron chi connectivity index (χ1n) is 5.28. The first-order valence-corrected chi connectivity index (χ1v) is 5.28. The molecule has 2 aromatic rings. The van der Waals surface area contributed by atoms with Gasteiger partial charge >= 0.3 is 5.97 Å². The van der Waals surface area contributed by atoms with E-state index in [0.29, 0.717) is 17.3 Å². The fourth-order valence-corrected chi connectivity index (χ4v) is 1.42. The van der Waals surface area contributed by atoms with Crippen LogP contribution < -0.4 is 10.1 Å². The van der Waals surface area contributed by atoms with E-state index in [9.17, 15) is 9.18 Å². The number of methoxy groups -OCH3 is 1. The van der Waals surface area contributed by atoms with E-state index in [4.69, 9.17) is 9.84 Å². The average molecular weight is 263 g/mol. The first-order chi connectivity index (χ1) is 9.10. The number of carboxylic acid groups (broad SMARTS) is 1. The second-order valence-corrected chi connectivity index (χ2v) is 3.58. The summed E-state index contributed by atoms with van der Waals surface area (Å²) in [5.41, 5.74) is 0.345. The molecular weight excluding hydrogens is 253 g/mol. The molecule has 1 aromatic heterocycles. The smallest absolute Gasteiger partial charge is 0.356 e. The van der Waals surface area contributed by atoms with Crippen LogP contribution in [0.25, 0.3) is 0 Å². The van der Waals surface area contributed by atoms with Crippen molar-refractivity contribution in [3.63, 3.8) is 0 Å². The maximum Gasteiger partial charge on any atom is 0.356 e. The molecule has 0 bridgehead atoms. The molecule has 0 aliphatic heterocycles. The van der Waals surface area contributed by atoms with Crippen LogP contribution >= 0.6 is 0 Å². The molecule has 0 atom stereocenters. The van der Waals surface area contributed by atoms with Crippen LogP contribution in [0.3, 0.4) is 0 Å². The highest BCUT2D eigenvalue weighted by Crippen LogP contribution is 2.27. The predicted molar refractivity (Wildman–Crippen MR) is 65.2 cm³/mol. The topological polar surface area (TPSA) is 84.3 Å². The molecule has 0 aliphatic rings. The third kappa shape index (κ3) is 2.95. The molecule has 1 aromatic carbocycles.